The van der Waals surface area contributed by atoms with Gasteiger partial charge >= 0.3 is 0 Å². The van der Waals surface area contributed by atoms with Gasteiger partial charge in [-0.05, 0) is 32.0 Å². The monoisotopic (exact) mass is 282 g/mol. The molecule has 3 heteroatoms. The van der Waals surface area contributed by atoms with Crippen LogP contribution in [-0.4, -0.2) is 12.4 Å². The zero-order valence-electron chi connectivity index (χ0n) is 12.3. The van der Waals surface area contributed by atoms with Gasteiger partial charge in [-0.15, -0.1) is 0 Å². The SMILES string of the molecule is CCOc1ccccc1C1CC(=O)c2cc(C)ccc2O1. The molecule has 0 aromatic heterocycles. The minimum absolute atomic E-state index is 0.122. The Morgan fingerprint density at radius 1 is 1.24 bits per heavy atom. The van der Waals surface area contributed by atoms with Crippen LogP contribution in [0.1, 0.15) is 40.9 Å². The number of Topliss-reactive ketones (excluding diaryl/α,β-unsaturated/α-hetero) is 1. The molecule has 0 spiro atoms. The van der Waals surface area contributed by atoms with Gasteiger partial charge in [0.1, 0.15) is 17.6 Å². The fraction of sp³-hybridized carbons (Fsp3) is 0.278. The van der Waals surface area contributed by atoms with E-state index in [-0.39, 0.29) is 11.9 Å². The molecule has 0 radical (unpaired) electrons. The van der Waals surface area contributed by atoms with Gasteiger partial charge in [-0.25, -0.2) is 0 Å². The van der Waals surface area contributed by atoms with E-state index >= 15 is 0 Å². The maximum atomic E-state index is 12.4. The molecule has 1 unspecified atom stereocenters. The molecular formula is C18H18O3. The van der Waals surface area contributed by atoms with E-state index in [4.69, 9.17) is 9.47 Å². The van der Waals surface area contributed by atoms with Crippen LogP contribution in [0.4, 0.5) is 0 Å². The number of carbonyl (C=O) groups excluding carboxylic acids is 1. The third-order valence-electron chi connectivity index (χ3n) is 3.64. The average Bonchev–Trinajstić information content (AvgIpc) is 2.49. The quantitative estimate of drug-likeness (QED) is 0.850. The van der Waals surface area contributed by atoms with Crippen molar-refractivity contribution in [2.45, 2.75) is 26.4 Å². The minimum Gasteiger partial charge on any atom is -0.493 e. The van der Waals surface area contributed by atoms with E-state index < -0.39 is 0 Å². The lowest BCUT2D eigenvalue weighted by Crippen LogP contribution is -2.21. The third-order valence-corrected chi connectivity index (χ3v) is 3.64. The number of ether oxygens (including phenoxy) is 2. The van der Waals surface area contributed by atoms with Crippen LogP contribution in [0.2, 0.25) is 0 Å². The van der Waals surface area contributed by atoms with Gasteiger partial charge < -0.3 is 9.47 Å². The lowest BCUT2D eigenvalue weighted by Gasteiger charge is -2.27. The number of hydrogen-bond donors (Lipinski definition) is 0. The second-order valence-corrected chi connectivity index (χ2v) is 5.20. The summed E-state index contributed by atoms with van der Waals surface area (Å²) in [4.78, 5) is 12.4. The number of fused-ring (bicyclic) bond motifs is 1. The molecule has 2 aromatic carbocycles. The molecule has 1 aliphatic heterocycles. The Morgan fingerprint density at radius 3 is 2.86 bits per heavy atom. The lowest BCUT2D eigenvalue weighted by atomic mass is 9.95. The summed E-state index contributed by atoms with van der Waals surface area (Å²) >= 11 is 0. The van der Waals surface area contributed by atoms with Crippen molar-refractivity contribution in [2.24, 2.45) is 0 Å². The summed E-state index contributed by atoms with van der Waals surface area (Å²) in [6.07, 6.45) is 0.0658. The van der Waals surface area contributed by atoms with Crippen LogP contribution in [0.15, 0.2) is 42.5 Å². The summed E-state index contributed by atoms with van der Waals surface area (Å²) < 4.78 is 11.7. The van der Waals surface area contributed by atoms with Gasteiger partial charge in [0.05, 0.1) is 18.6 Å². The summed E-state index contributed by atoms with van der Waals surface area (Å²) in [5.74, 6) is 1.57. The Morgan fingerprint density at radius 2 is 2.05 bits per heavy atom. The molecular weight excluding hydrogens is 264 g/mol. The summed E-state index contributed by atoms with van der Waals surface area (Å²) in [5, 5.41) is 0. The molecule has 2 aromatic rings. The number of ketones is 1. The summed E-state index contributed by atoms with van der Waals surface area (Å²) in [7, 11) is 0. The number of carbonyl (C=O) groups is 1. The van der Waals surface area contributed by atoms with Gasteiger partial charge in [-0.2, -0.15) is 0 Å². The molecule has 0 fully saturated rings. The first-order valence-electron chi connectivity index (χ1n) is 7.21. The van der Waals surface area contributed by atoms with Crippen LogP contribution in [-0.2, 0) is 0 Å². The number of rotatable bonds is 3. The van der Waals surface area contributed by atoms with Crippen LogP contribution < -0.4 is 9.47 Å². The van der Waals surface area contributed by atoms with Gasteiger partial charge in [0, 0.05) is 5.56 Å². The standard InChI is InChI=1S/C18H18O3/c1-3-20-16-7-5-4-6-13(16)18-11-15(19)14-10-12(2)8-9-17(14)21-18/h4-10,18H,3,11H2,1-2H3. The van der Waals surface area contributed by atoms with Crippen LogP contribution in [0, 0.1) is 6.92 Å². The average molecular weight is 282 g/mol. The highest BCUT2D eigenvalue weighted by Crippen LogP contribution is 2.38. The Balaban J connectivity index is 1.96. The molecule has 1 heterocycles. The molecule has 3 rings (SSSR count). The molecule has 3 nitrogen and oxygen atoms in total. The lowest BCUT2D eigenvalue weighted by molar-refractivity contribution is 0.0846. The van der Waals surface area contributed by atoms with E-state index in [1.54, 1.807) is 0 Å². The molecule has 0 saturated heterocycles. The predicted octanol–water partition coefficient (Wildman–Crippen LogP) is 4.10. The minimum atomic E-state index is -0.282. The number of para-hydroxylation sites is 1. The van der Waals surface area contributed by atoms with E-state index in [1.165, 1.54) is 0 Å². The summed E-state index contributed by atoms with van der Waals surface area (Å²) in [6, 6.07) is 13.5. The van der Waals surface area contributed by atoms with E-state index in [9.17, 15) is 4.79 Å². The molecule has 1 aliphatic rings. The fourth-order valence-corrected chi connectivity index (χ4v) is 2.64. The molecule has 0 N–H and O–H groups in total. The molecule has 0 amide bonds. The number of benzene rings is 2. The van der Waals surface area contributed by atoms with E-state index in [2.05, 4.69) is 0 Å². The molecule has 0 bridgehead atoms. The van der Waals surface area contributed by atoms with Crippen molar-refractivity contribution in [2.75, 3.05) is 6.61 Å². The predicted molar refractivity (Wildman–Crippen MR) is 81.1 cm³/mol. The second-order valence-electron chi connectivity index (χ2n) is 5.20. The Kier molecular flexibility index (Phi) is 3.65. The van der Waals surface area contributed by atoms with Gasteiger partial charge in [-0.1, -0.05) is 29.8 Å². The first kappa shape index (κ1) is 13.7. The van der Waals surface area contributed by atoms with Crippen LogP contribution in [0.5, 0.6) is 11.5 Å². The van der Waals surface area contributed by atoms with Gasteiger partial charge in [-0.3, -0.25) is 4.79 Å². The Hall–Kier alpha value is -2.29. The van der Waals surface area contributed by atoms with E-state index in [1.807, 2.05) is 56.3 Å². The Bertz CT molecular complexity index is 676. The summed E-state index contributed by atoms with van der Waals surface area (Å²) in [5.41, 5.74) is 2.68. The highest BCUT2D eigenvalue weighted by Gasteiger charge is 2.29. The van der Waals surface area contributed by atoms with Crippen molar-refractivity contribution in [3.8, 4) is 11.5 Å². The normalized spacial score (nSPS) is 17.0. The molecule has 0 aliphatic carbocycles. The second kappa shape index (κ2) is 5.60. The molecule has 0 saturated carbocycles. The largest absolute Gasteiger partial charge is 0.493 e. The van der Waals surface area contributed by atoms with Crippen molar-refractivity contribution in [3.05, 3.63) is 59.2 Å². The molecule has 21 heavy (non-hydrogen) atoms. The van der Waals surface area contributed by atoms with Crippen molar-refractivity contribution < 1.29 is 14.3 Å². The topological polar surface area (TPSA) is 35.5 Å². The zero-order valence-corrected chi connectivity index (χ0v) is 12.3. The Labute approximate surface area is 124 Å². The molecule has 108 valence electrons. The van der Waals surface area contributed by atoms with Crippen molar-refractivity contribution >= 4 is 5.78 Å². The zero-order chi connectivity index (χ0) is 14.8. The van der Waals surface area contributed by atoms with Crippen molar-refractivity contribution in [1.29, 1.82) is 0 Å². The highest BCUT2D eigenvalue weighted by atomic mass is 16.5. The van der Waals surface area contributed by atoms with Gasteiger partial charge in [0.2, 0.25) is 0 Å². The number of hydrogen-bond acceptors (Lipinski definition) is 3. The van der Waals surface area contributed by atoms with Gasteiger partial charge in [0.15, 0.2) is 5.78 Å². The van der Waals surface area contributed by atoms with E-state index in [0.717, 1.165) is 16.9 Å². The maximum absolute atomic E-state index is 12.4. The van der Waals surface area contributed by atoms with Crippen molar-refractivity contribution in [1.82, 2.24) is 0 Å². The van der Waals surface area contributed by atoms with Gasteiger partial charge in [0.25, 0.3) is 0 Å². The van der Waals surface area contributed by atoms with Crippen LogP contribution >= 0.6 is 0 Å². The first-order valence-corrected chi connectivity index (χ1v) is 7.21. The first-order chi connectivity index (χ1) is 10.2. The highest BCUT2D eigenvalue weighted by molar-refractivity contribution is 6.00. The van der Waals surface area contributed by atoms with Crippen LogP contribution in [0.3, 0.4) is 0 Å². The van der Waals surface area contributed by atoms with E-state index in [0.29, 0.717) is 24.3 Å². The smallest absolute Gasteiger partial charge is 0.170 e. The van der Waals surface area contributed by atoms with Crippen molar-refractivity contribution in [3.63, 3.8) is 0 Å². The maximum Gasteiger partial charge on any atom is 0.170 e. The third kappa shape index (κ3) is 2.64. The molecule has 1 atom stereocenters. The van der Waals surface area contributed by atoms with Crippen LogP contribution in [0.25, 0.3) is 0 Å². The summed E-state index contributed by atoms with van der Waals surface area (Å²) in [6.45, 7) is 4.51. The number of aryl methyl sites for hydroxylation is 1. The fourth-order valence-electron chi connectivity index (χ4n) is 2.64.